The minimum Gasteiger partial charge on any atom is -0.306 e. The Hall–Kier alpha value is -6.62. The molecule has 3 aromatic heterocycles. The predicted octanol–water partition coefficient (Wildman–Crippen LogP) is 14.3. The van der Waals surface area contributed by atoms with E-state index in [1.54, 1.807) is 0 Å². The van der Waals surface area contributed by atoms with Crippen molar-refractivity contribution in [2.75, 3.05) is 0 Å². The molecule has 0 N–H and O–H groups in total. The number of rotatable bonds is 6. The first kappa shape index (κ1) is 32.8. The molecule has 0 saturated heterocycles. The first-order valence-electron chi connectivity index (χ1n) is 19.5. The molecule has 0 amide bonds. The summed E-state index contributed by atoms with van der Waals surface area (Å²) >= 11 is 1.92. The van der Waals surface area contributed by atoms with Gasteiger partial charge in [0.2, 0.25) is 0 Å². The number of fused-ring (bicyclic) bond motifs is 7. The zero-order chi connectivity index (χ0) is 37.0. The summed E-state index contributed by atoms with van der Waals surface area (Å²) in [6, 6.07) is 48.4. The molecule has 0 aliphatic heterocycles. The lowest BCUT2D eigenvalue weighted by Crippen LogP contribution is -2.09. The third-order valence-electron chi connectivity index (χ3n) is 11.4. The van der Waals surface area contributed by atoms with Gasteiger partial charge in [0.05, 0.1) is 28.6 Å². The van der Waals surface area contributed by atoms with Gasteiger partial charge in [0.25, 0.3) is 0 Å². The number of hydrogen-bond donors (Lipinski definition) is 0. The van der Waals surface area contributed by atoms with Crippen LogP contribution >= 0.6 is 11.3 Å². The van der Waals surface area contributed by atoms with Gasteiger partial charge in [0.15, 0.2) is 5.82 Å². The number of allylic oxidation sites excluding steroid dienone is 8. The Balaban J connectivity index is 1.27. The average Bonchev–Trinajstić information content (AvgIpc) is 3.82. The molecular weight excluding hydrogens is 699 g/mol. The molecule has 9 aromatic rings. The van der Waals surface area contributed by atoms with Gasteiger partial charge in [-0.2, -0.15) is 0 Å². The summed E-state index contributed by atoms with van der Waals surface area (Å²) < 4.78 is 5.10. The van der Waals surface area contributed by atoms with E-state index >= 15 is 0 Å². The van der Waals surface area contributed by atoms with Gasteiger partial charge in [-0.15, -0.1) is 11.3 Å². The van der Waals surface area contributed by atoms with Crippen LogP contribution in [0.15, 0.2) is 182 Å². The smallest absolute Gasteiger partial charge is 0.159 e. The van der Waals surface area contributed by atoms with Gasteiger partial charge in [0, 0.05) is 42.4 Å². The van der Waals surface area contributed by atoms with Crippen LogP contribution in [0.4, 0.5) is 0 Å². The van der Waals surface area contributed by atoms with Gasteiger partial charge >= 0.3 is 0 Å². The minimum atomic E-state index is 0.117. The highest BCUT2D eigenvalue weighted by Crippen LogP contribution is 2.49. The van der Waals surface area contributed by atoms with Crippen LogP contribution in [0.5, 0.6) is 0 Å². The van der Waals surface area contributed by atoms with Crippen molar-refractivity contribution in [1.29, 1.82) is 0 Å². The SMILES string of the molecule is C1=CCCC(c2cc3c(c4cc(-c5ccccc5)ccc4n3-c3cnc(-c4ccccc4)nc3C3C=CC=CC3)c3sc4ccc(-c5ccccc5)cc4c23)=C1. The highest BCUT2D eigenvalue weighted by molar-refractivity contribution is 7.26. The van der Waals surface area contributed by atoms with Crippen molar-refractivity contribution in [1.82, 2.24) is 14.5 Å². The fourth-order valence-electron chi connectivity index (χ4n) is 8.74. The van der Waals surface area contributed by atoms with Gasteiger partial charge in [-0.05, 0) is 83.0 Å². The molecule has 0 radical (unpaired) electrons. The number of hydrogen-bond acceptors (Lipinski definition) is 3. The molecule has 0 spiro atoms. The summed E-state index contributed by atoms with van der Waals surface area (Å²) in [5, 5.41) is 5.18. The normalized spacial score (nSPS) is 15.4. The lowest BCUT2D eigenvalue weighted by Gasteiger charge is -2.20. The average molecular weight is 736 g/mol. The molecule has 2 aliphatic carbocycles. The standard InChI is InChI=1S/C52H37N3S/c1-6-16-34(17-7-1)39-26-28-44-42(30-39)49-45(55(44)46-33-53-52(38-24-14-5-15-25-38)54-50(46)37-22-12-4-13-23-37)32-41(36-20-10-3-11-21-36)48-43-31-40(35-18-8-2-9-19-35)27-29-47(43)56-51(48)49/h1-10,12-20,22,24-33,37H,11,21,23H2. The lowest BCUT2D eigenvalue weighted by atomic mass is 9.91. The van der Waals surface area contributed by atoms with Crippen LogP contribution < -0.4 is 0 Å². The Kier molecular flexibility index (Phi) is 7.96. The van der Waals surface area contributed by atoms with E-state index in [-0.39, 0.29) is 5.92 Å². The highest BCUT2D eigenvalue weighted by Gasteiger charge is 2.26. The Labute approximate surface area is 329 Å². The zero-order valence-electron chi connectivity index (χ0n) is 30.8. The maximum absolute atomic E-state index is 5.41. The molecule has 266 valence electrons. The van der Waals surface area contributed by atoms with Crippen LogP contribution in [-0.4, -0.2) is 14.5 Å². The van der Waals surface area contributed by atoms with Gasteiger partial charge in [0.1, 0.15) is 0 Å². The summed E-state index contributed by atoms with van der Waals surface area (Å²) in [6.07, 6.45) is 20.7. The molecule has 6 aromatic carbocycles. The molecule has 1 unspecified atom stereocenters. The van der Waals surface area contributed by atoms with Crippen LogP contribution in [0, 0.1) is 0 Å². The van der Waals surface area contributed by atoms with E-state index in [0.717, 1.165) is 47.5 Å². The number of nitrogens with zero attached hydrogens (tertiary/aromatic N) is 3. The zero-order valence-corrected chi connectivity index (χ0v) is 31.6. The largest absolute Gasteiger partial charge is 0.306 e. The topological polar surface area (TPSA) is 30.7 Å². The van der Waals surface area contributed by atoms with Crippen molar-refractivity contribution in [3.05, 3.63) is 193 Å². The maximum atomic E-state index is 5.41. The molecule has 3 heterocycles. The number of benzene rings is 6. The minimum absolute atomic E-state index is 0.117. The van der Waals surface area contributed by atoms with Crippen LogP contribution in [-0.2, 0) is 0 Å². The predicted molar refractivity (Wildman–Crippen MR) is 238 cm³/mol. The first-order chi connectivity index (χ1) is 27.8. The van der Waals surface area contributed by atoms with E-state index in [0.29, 0.717) is 0 Å². The van der Waals surface area contributed by atoms with Crippen molar-refractivity contribution >= 4 is 58.9 Å². The first-order valence-corrected chi connectivity index (χ1v) is 20.3. The second kappa shape index (κ2) is 13.6. The van der Waals surface area contributed by atoms with Crippen LogP contribution in [0.1, 0.15) is 36.4 Å². The fraction of sp³-hybridized carbons (Fsp3) is 0.0769. The lowest BCUT2D eigenvalue weighted by molar-refractivity contribution is 0.798. The van der Waals surface area contributed by atoms with Crippen molar-refractivity contribution in [3.8, 4) is 39.3 Å². The quantitative estimate of drug-likeness (QED) is 0.170. The van der Waals surface area contributed by atoms with Gasteiger partial charge in [-0.25, -0.2) is 9.97 Å². The molecular formula is C52H37N3S. The Morgan fingerprint density at radius 1 is 0.607 bits per heavy atom. The summed E-state index contributed by atoms with van der Waals surface area (Å²) in [5.74, 6) is 0.868. The summed E-state index contributed by atoms with van der Waals surface area (Å²) in [7, 11) is 0. The Morgan fingerprint density at radius 2 is 1.32 bits per heavy atom. The molecule has 0 fully saturated rings. The van der Waals surface area contributed by atoms with Crippen molar-refractivity contribution in [2.24, 2.45) is 0 Å². The molecule has 56 heavy (non-hydrogen) atoms. The monoisotopic (exact) mass is 735 g/mol. The van der Waals surface area contributed by atoms with Crippen molar-refractivity contribution in [2.45, 2.75) is 25.2 Å². The highest BCUT2D eigenvalue weighted by atomic mass is 32.1. The van der Waals surface area contributed by atoms with Crippen molar-refractivity contribution in [3.63, 3.8) is 0 Å². The third-order valence-corrected chi connectivity index (χ3v) is 12.6. The summed E-state index contributed by atoms with van der Waals surface area (Å²) in [5.41, 5.74) is 13.0. The summed E-state index contributed by atoms with van der Waals surface area (Å²) in [6.45, 7) is 0. The second-order valence-corrected chi connectivity index (χ2v) is 15.8. The summed E-state index contributed by atoms with van der Waals surface area (Å²) in [4.78, 5) is 10.5. The van der Waals surface area contributed by atoms with Gasteiger partial charge in [-0.3, -0.25) is 0 Å². The van der Waals surface area contributed by atoms with E-state index in [2.05, 4.69) is 181 Å². The van der Waals surface area contributed by atoms with E-state index in [9.17, 15) is 0 Å². The molecule has 2 aliphatic rings. The van der Waals surface area contributed by atoms with Crippen molar-refractivity contribution < 1.29 is 0 Å². The van der Waals surface area contributed by atoms with E-state index in [1.807, 2.05) is 17.4 Å². The molecule has 1 atom stereocenters. The molecule has 0 bridgehead atoms. The van der Waals surface area contributed by atoms with Crippen LogP contribution in [0.3, 0.4) is 0 Å². The molecule has 3 nitrogen and oxygen atoms in total. The van der Waals surface area contributed by atoms with Gasteiger partial charge < -0.3 is 4.57 Å². The number of thiophene rings is 1. The third kappa shape index (κ3) is 5.48. The molecule has 0 saturated carbocycles. The fourth-order valence-corrected chi connectivity index (χ4v) is 10.0. The second-order valence-electron chi connectivity index (χ2n) is 14.8. The number of aromatic nitrogens is 3. The Morgan fingerprint density at radius 3 is 2.02 bits per heavy atom. The van der Waals surface area contributed by atoms with E-state index in [4.69, 9.17) is 9.97 Å². The molecule has 4 heteroatoms. The van der Waals surface area contributed by atoms with Gasteiger partial charge in [-0.1, -0.05) is 146 Å². The Bertz CT molecular complexity index is 3090. The van der Waals surface area contributed by atoms with E-state index in [1.165, 1.54) is 69.9 Å². The van der Waals surface area contributed by atoms with Crippen LogP contribution in [0.25, 0.3) is 86.9 Å². The molecule has 11 rings (SSSR count). The maximum Gasteiger partial charge on any atom is 0.159 e. The van der Waals surface area contributed by atoms with Crippen LogP contribution in [0.2, 0.25) is 0 Å². The van der Waals surface area contributed by atoms with E-state index < -0.39 is 0 Å².